The van der Waals surface area contributed by atoms with Crippen LogP contribution in [-0.2, 0) is 33.4 Å². The molecule has 1 amide bonds. The highest BCUT2D eigenvalue weighted by Crippen LogP contribution is 2.32. The highest BCUT2D eigenvalue weighted by molar-refractivity contribution is 6.06. The number of dihydropyridines is 1. The van der Waals surface area contributed by atoms with Gasteiger partial charge in [0.25, 0.3) is 5.91 Å². The van der Waals surface area contributed by atoms with E-state index in [0.29, 0.717) is 17.1 Å². The number of carbonyl (C=O) groups excluding carboxylic acids is 4. The maximum Gasteiger partial charge on any atom is 0.336 e. The summed E-state index contributed by atoms with van der Waals surface area (Å²) in [5, 5.41) is 11.9. The monoisotopic (exact) mass is 441 g/mol. The van der Waals surface area contributed by atoms with Gasteiger partial charge in [-0.15, -0.1) is 0 Å². The Morgan fingerprint density at radius 1 is 1.00 bits per heavy atom. The SMILES string of the molecule is COC(=O)C1=C(C)NC(C)=C(C(=O)OC)C1C(=O)OCC(=O)N(CC#N)c1ccccc1. The van der Waals surface area contributed by atoms with E-state index in [9.17, 15) is 19.2 Å². The number of hydrogen-bond acceptors (Lipinski definition) is 9. The Kier molecular flexibility index (Phi) is 8.12. The Labute approximate surface area is 185 Å². The average Bonchev–Trinajstić information content (AvgIpc) is 2.79. The zero-order valence-corrected chi connectivity index (χ0v) is 18.1. The number of rotatable bonds is 7. The molecule has 10 heteroatoms. The lowest BCUT2D eigenvalue weighted by molar-refractivity contribution is -0.153. The third-order valence-electron chi connectivity index (χ3n) is 4.74. The summed E-state index contributed by atoms with van der Waals surface area (Å²) >= 11 is 0. The number of benzene rings is 1. The second kappa shape index (κ2) is 10.8. The van der Waals surface area contributed by atoms with Crippen LogP contribution in [0.4, 0.5) is 5.69 Å². The number of hydrogen-bond donors (Lipinski definition) is 1. The van der Waals surface area contributed by atoms with Crippen molar-refractivity contribution >= 4 is 29.5 Å². The fourth-order valence-corrected chi connectivity index (χ4v) is 3.29. The van der Waals surface area contributed by atoms with Crippen molar-refractivity contribution in [1.29, 1.82) is 5.26 Å². The molecule has 2 rings (SSSR count). The normalized spacial score (nSPS) is 13.6. The Morgan fingerprint density at radius 3 is 2.00 bits per heavy atom. The number of nitrogens with one attached hydrogen (secondary N) is 1. The van der Waals surface area contributed by atoms with Gasteiger partial charge in [0.2, 0.25) is 0 Å². The molecule has 0 spiro atoms. The van der Waals surface area contributed by atoms with Gasteiger partial charge in [0.05, 0.1) is 31.4 Å². The summed E-state index contributed by atoms with van der Waals surface area (Å²) in [6, 6.07) is 10.3. The minimum absolute atomic E-state index is 0.132. The van der Waals surface area contributed by atoms with Crippen LogP contribution in [0, 0.1) is 17.2 Å². The molecule has 1 aromatic rings. The molecule has 10 nitrogen and oxygen atoms in total. The largest absolute Gasteiger partial charge is 0.466 e. The second-order valence-electron chi connectivity index (χ2n) is 6.70. The molecule has 1 aromatic carbocycles. The minimum Gasteiger partial charge on any atom is -0.466 e. The highest BCUT2D eigenvalue weighted by Gasteiger charge is 2.42. The van der Waals surface area contributed by atoms with E-state index in [1.807, 2.05) is 6.07 Å². The first-order chi connectivity index (χ1) is 15.3. The molecule has 1 heterocycles. The average molecular weight is 441 g/mol. The van der Waals surface area contributed by atoms with E-state index in [2.05, 4.69) is 5.32 Å². The molecule has 0 aliphatic carbocycles. The third kappa shape index (κ3) is 5.13. The molecule has 0 saturated carbocycles. The molecule has 0 atom stereocenters. The van der Waals surface area contributed by atoms with Crippen LogP contribution < -0.4 is 10.2 Å². The van der Waals surface area contributed by atoms with Crippen molar-refractivity contribution in [2.75, 3.05) is 32.3 Å². The van der Waals surface area contributed by atoms with Gasteiger partial charge in [-0.2, -0.15) is 5.26 Å². The molecular weight excluding hydrogens is 418 g/mol. The van der Waals surface area contributed by atoms with Gasteiger partial charge in [-0.25, -0.2) is 9.59 Å². The number of anilines is 1. The number of nitrogens with zero attached hydrogens (tertiary/aromatic N) is 2. The van der Waals surface area contributed by atoms with Crippen LogP contribution in [0.15, 0.2) is 52.9 Å². The lowest BCUT2D eigenvalue weighted by Crippen LogP contribution is -2.40. The van der Waals surface area contributed by atoms with Crippen LogP contribution in [0.5, 0.6) is 0 Å². The topological polar surface area (TPSA) is 135 Å². The van der Waals surface area contributed by atoms with Crippen LogP contribution in [0.1, 0.15) is 13.8 Å². The first-order valence-electron chi connectivity index (χ1n) is 9.50. The van der Waals surface area contributed by atoms with Gasteiger partial charge in [0.15, 0.2) is 6.61 Å². The molecule has 1 aliphatic rings. The number of para-hydroxylation sites is 1. The van der Waals surface area contributed by atoms with Crippen molar-refractivity contribution < 1.29 is 33.4 Å². The Bertz CT molecular complexity index is 984. The molecule has 168 valence electrons. The summed E-state index contributed by atoms with van der Waals surface area (Å²) in [6.07, 6.45) is 0. The molecule has 0 radical (unpaired) electrons. The Morgan fingerprint density at radius 2 is 1.53 bits per heavy atom. The molecular formula is C22H23N3O7. The van der Waals surface area contributed by atoms with Gasteiger partial charge in [0, 0.05) is 17.1 Å². The molecule has 0 saturated heterocycles. The van der Waals surface area contributed by atoms with Gasteiger partial charge >= 0.3 is 17.9 Å². The predicted molar refractivity (Wildman–Crippen MR) is 111 cm³/mol. The standard InChI is InChI=1S/C22H23N3O7/c1-13-17(20(27)30-3)19(18(14(2)24-13)21(28)31-4)22(29)32-12-16(26)25(11-10-23)15-8-6-5-7-9-15/h5-9,19,24H,11-12H2,1-4H3. The number of methoxy groups -OCH3 is 2. The molecule has 1 N–H and O–H groups in total. The van der Waals surface area contributed by atoms with Crippen LogP contribution in [0.25, 0.3) is 0 Å². The first kappa shape index (κ1) is 24.1. The van der Waals surface area contributed by atoms with E-state index in [1.165, 1.54) is 0 Å². The van der Waals surface area contributed by atoms with E-state index < -0.39 is 36.3 Å². The number of allylic oxidation sites excluding steroid dienone is 2. The van der Waals surface area contributed by atoms with Crippen molar-refractivity contribution in [3.05, 3.63) is 52.9 Å². The third-order valence-corrected chi connectivity index (χ3v) is 4.74. The molecule has 1 aliphatic heterocycles. The maximum atomic E-state index is 13.0. The fraction of sp³-hybridized carbons (Fsp3) is 0.318. The number of ether oxygens (including phenoxy) is 3. The van der Waals surface area contributed by atoms with Crippen molar-refractivity contribution in [2.45, 2.75) is 13.8 Å². The van der Waals surface area contributed by atoms with Gasteiger partial charge in [-0.05, 0) is 26.0 Å². The zero-order chi connectivity index (χ0) is 23.8. The molecule has 0 fully saturated rings. The fourth-order valence-electron chi connectivity index (χ4n) is 3.29. The van der Waals surface area contributed by atoms with E-state index >= 15 is 0 Å². The Balaban J connectivity index is 2.32. The number of amides is 1. The van der Waals surface area contributed by atoms with Gasteiger partial charge < -0.3 is 19.5 Å². The van der Waals surface area contributed by atoms with E-state index in [4.69, 9.17) is 19.5 Å². The maximum absolute atomic E-state index is 13.0. The number of esters is 3. The summed E-state index contributed by atoms with van der Waals surface area (Å²) < 4.78 is 14.7. The summed E-state index contributed by atoms with van der Waals surface area (Å²) in [5.41, 5.74) is 0.783. The second-order valence-corrected chi connectivity index (χ2v) is 6.70. The minimum atomic E-state index is -1.45. The van der Waals surface area contributed by atoms with E-state index in [1.54, 1.807) is 44.2 Å². The molecule has 0 unspecified atom stereocenters. The summed E-state index contributed by atoms with van der Waals surface area (Å²) in [5.74, 6) is -4.80. The lowest BCUT2D eigenvalue weighted by atomic mass is 9.85. The summed E-state index contributed by atoms with van der Waals surface area (Å²) in [6.45, 7) is 2.12. The summed E-state index contributed by atoms with van der Waals surface area (Å²) in [4.78, 5) is 51.5. The van der Waals surface area contributed by atoms with Crippen LogP contribution in [0.3, 0.4) is 0 Å². The highest BCUT2D eigenvalue weighted by atomic mass is 16.5. The van der Waals surface area contributed by atoms with E-state index in [0.717, 1.165) is 19.1 Å². The van der Waals surface area contributed by atoms with Crippen molar-refractivity contribution in [1.82, 2.24) is 5.32 Å². The van der Waals surface area contributed by atoms with Crippen molar-refractivity contribution in [3.63, 3.8) is 0 Å². The smallest absolute Gasteiger partial charge is 0.336 e. The first-order valence-corrected chi connectivity index (χ1v) is 9.50. The predicted octanol–water partition coefficient (Wildman–Crippen LogP) is 1.20. The Hall–Kier alpha value is -4.13. The van der Waals surface area contributed by atoms with Gasteiger partial charge in [-0.1, -0.05) is 18.2 Å². The van der Waals surface area contributed by atoms with Crippen LogP contribution in [0.2, 0.25) is 0 Å². The summed E-state index contributed by atoms with van der Waals surface area (Å²) in [7, 11) is 2.27. The molecule has 0 aromatic heterocycles. The van der Waals surface area contributed by atoms with Gasteiger partial charge in [0.1, 0.15) is 12.5 Å². The quantitative estimate of drug-likeness (QED) is 0.376. The van der Waals surface area contributed by atoms with Gasteiger partial charge in [-0.3, -0.25) is 14.5 Å². The van der Waals surface area contributed by atoms with E-state index in [-0.39, 0.29) is 17.7 Å². The van der Waals surface area contributed by atoms with Crippen molar-refractivity contribution in [3.8, 4) is 6.07 Å². The number of carbonyl (C=O) groups is 4. The van der Waals surface area contributed by atoms with Crippen LogP contribution >= 0.6 is 0 Å². The number of nitriles is 1. The van der Waals surface area contributed by atoms with Crippen LogP contribution in [-0.4, -0.2) is 51.2 Å². The van der Waals surface area contributed by atoms with Crippen molar-refractivity contribution in [2.24, 2.45) is 5.92 Å². The molecule has 32 heavy (non-hydrogen) atoms. The lowest BCUT2D eigenvalue weighted by Gasteiger charge is -2.28. The molecule has 0 bridgehead atoms. The zero-order valence-electron chi connectivity index (χ0n) is 18.1.